The molecule has 0 spiro atoms. The van der Waals surface area contributed by atoms with Gasteiger partial charge in [-0.3, -0.25) is 4.79 Å². The summed E-state index contributed by atoms with van der Waals surface area (Å²) in [4.78, 5) is 13.6. The number of ketones is 1. The average molecular weight is 567 g/mol. The number of carbonyl (C=O) groups excluding carboxylic acids is 1. The Kier molecular flexibility index (Phi) is 29.8. The van der Waals surface area contributed by atoms with Crippen LogP contribution in [0.2, 0.25) is 0 Å². The number of ether oxygens (including phenoxy) is 1. The highest BCUT2D eigenvalue weighted by Crippen LogP contribution is 2.20. The second kappa shape index (κ2) is 30.1. The molecule has 0 aromatic heterocycles. The van der Waals surface area contributed by atoms with Crippen molar-refractivity contribution in [3.8, 4) is 0 Å². The highest BCUT2D eigenvalue weighted by molar-refractivity contribution is 5.83. The SMILES string of the molecule is CCCCCCCCCCCCCCOCC(C(=O)CCCCCCCCCCC)[N+](C)(CCCC)CCCC. The Labute approximate surface area is 253 Å². The lowest BCUT2D eigenvalue weighted by molar-refractivity contribution is -0.925. The van der Waals surface area contributed by atoms with Gasteiger partial charge in [0, 0.05) is 13.0 Å². The lowest BCUT2D eigenvalue weighted by Gasteiger charge is -2.41. The van der Waals surface area contributed by atoms with Gasteiger partial charge in [-0.05, 0) is 25.7 Å². The van der Waals surface area contributed by atoms with Gasteiger partial charge in [0.1, 0.15) is 6.61 Å². The average Bonchev–Trinajstić information content (AvgIpc) is 2.96. The number of carbonyl (C=O) groups is 1. The second-order valence-electron chi connectivity index (χ2n) is 13.2. The van der Waals surface area contributed by atoms with E-state index in [4.69, 9.17) is 4.74 Å². The van der Waals surface area contributed by atoms with E-state index in [0.717, 1.165) is 43.4 Å². The van der Waals surface area contributed by atoms with Crippen LogP contribution in [0.15, 0.2) is 0 Å². The molecule has 0 aromatic rings. The maximum atomic E-state index is 13.6. The number of unbranched alkanes of at least 4 members (excludes halogenated alkanes) is 21. The zero-order valence-electron chi connectivity index (χ0n) is 28.6. The first-order chi connectivity index (χ1) is 19.6. The molecule has 3 heteroatoms. The van der Waals surface area contributed by atoms with E-state index in [0.29, 0.717) is 12.4 Å². The molecule has 0 saturated heterocycles. The molecule has 1 unspecified atom stereocenters. The monoisotopic (exact) mass is 567 g/mol. The van der Waals surface area contributed by atoms with Gasteiger partial charge in [-0.2, -0.15) is 0 Å². The van der Waals surface area contributed by atoms with E-state index >= 15 is 0 Å². The molecule has 0 aliphatic heterocycles. The highest BCUT2D eigenvalue weighted by atomic mass is 16.5. The van der Waals surface area contributed by atoms with E-state index in [-0.39, 0.29) is 6.04 Å². The van der Waals surface area contributed by atoms with E-state index in [1.54, 1.807) is 0 Å². The molecule has 0 fully saturated rings. The lowest BCUT2D eigenvalue weighted by atomic mass is 10.00. The standard InChI is InChI=1S/C37H76NO2/c1-6-10-14-16-18-20-21-22-24-26-28-30-34-40-35-36(38(5,32-12-8-3)33-13-9-4)37(39)31-29-27-25-23-19-17-15-11-7-2/h36H,6-35H2,1-5H3/q+1. The molecule has 0 saturated carbocycles. The third kappa shape index (κ3) is 23.2. The molecule has 0 heterocycles. The van der Waals surface area contributed by atoms with Gasteiger partial charge in [0.05, 0.1) is 20.1 Å². The lowest BCUT2D eigenvalue weighted by Crippen LogP contribution is -2.58. The zero-order chi connectivity index (χ0) is 29.6. The van der Waals surface area contributed by atoms with E-state index in [1.165, 1.54) is 148 Å². The molecule has 1 atom stereocenters. The van der Waals surface area contributed by atoms with Gasteiger partial charge in [0.15, 0.2) is 11.8 Å². The molecular weight excluding hydrogens is 490 g/mol. The van der Waals surface area contributed by atoms with Crippen molar-refractivity contribution in [3.05, 3.63) is 0 Å². The van der Waals surface area contributed by atoms with Crippen LogP contribution in [-0.4, -0.2) is 49.7 Å². The number of likely N-dealkylation sites (N-methyl/N-ethyl adjacent to an activating group) is 1. The first-order valence-corrected chi connectivity index (χ1v) is 18.5. The van der Waals surface area contributed by atoms with Crippen LogP contribution >= 0.6 is 0 Å². The minimum atomic E-state index is 0.0180. The van der Waals surface area contributed by atoms with Gasteiger partial charge < -0.3 is 9.22 Å². The summed E-state index contributed by atoms with van der Waals surface area (Å²) in [6, 6.07) is 0.0180. The van der Waals surface area contributed by atoms with Crippen molar-refractivity contribution in [2.75, 3.05) is 33.4 Å². The van der Waals surface area contributed by atoms with Crippen LogP contribution in [-0.2, 0) is 9.53 Å². The Morgan fingerprint density at radius 3 is 1.25 bits per heavy atom. The minimum absolute atomic E-state index is 0.0180. The quantitative estimate of drug-likeness (QED) is 0.0583. The van der Waals surface area contributed by atoms with Gasteiger partial charge in [-0.25, -0.2) is 0 Å². The first-order valence-electron chi connectivity index (χ1n) is 18.5. The van der Waals surface area contributed by atoms with Gasteiger partial charge in [0.25, 0.3) is 0 Å². The molecule has 0 aromatic carbocycles. The third-order valence-electron chi connectivity index (χ3n) is 9.11. The summed E-state index contributed by atoms with van der Waals surface area (Å²) in [7, 11) is 2.34. The van der Waals surface area contributed by atoms with Gasteiger partial charge in [-0.1, -0.05) is 163 Å². The topological polar surface area (TPSA) is 26.3 Å². The van der Waals surface area contributed by atoms with Crippen LogP contribution in [0.25, 0.3) is 0 Å². The second-order valence-corrected chi connectivity index (χ2v) is 13.2. The van der Waals surface area contributed by atoms with Crippen molar-refractivity contribution < 1.29 is 14.0 Å². The summed E-state index contributed by atoms with van der Waals surface area (Å²) in [5, 5.41) is 0. The molecular formula is C37H76NO2+. The maximum Gasteiger partial charge on any atom is 0.192 e. The van der Waals surface area contributed by atoms with E-state index < -0.39 is 0 Å². The molecule has 40 heavy (non-hydrogen) atoms. The summed E-state index contributed by atoms with van der Waals surface area (Å²) < 4.78 is 7.16. The van der Waals surface area contributed by atoms with Crippen LogP contribution in [0.1, 0.15) is 195 Å². The molecule has 0 amide bonds. The van der Waals surface area contributed by atoms with Crippen LogP contribution in [0, 0.1) is 0 Å². The first kappa shape index (κ1) is 39.6. The molecule has 0 aliphatic rings. The van der Waals surface area contributed by atoms with Gasteiger partial charge in [-0.15, -0.1) is 0 Å². The van der Waals surface area contributed by atoms with Crippen molar-refractivity contribution in [2.45, 2.75) is 201 Å². The number of nitrogens with zero attached hydrogens (tertiary/aromatic N) is 1. The Bertz CT molecular complexity index is 512. The van der Waals surface area contributed by atoms with Crippen molar-refractivity contribution >= 4 is 5.78 Å². The highest BCUT2D eigenvalue weighted by Gasteiger charge is 2.37. The normalized spacial score (nSPS) is 12.7. The fraction of sp³-hybridized carbons (Fsp3) is 0.973. The predicted molar refractivity (Wildman–Crippen MR) is 178 cm³/mol. The Morgan fingerprint density at radius 2 is 0.850 bits per heavy atom. The van der Waals surface area contributed by atoms with Crippen molar-refractivity contribution in [2.24, 2.45) is 0 Å². The minimum Gasteiger partial charge on any atom is -0.375 e. The Morgan fingerprint density at radius 1 is 0.500 bits per heavy atom. The zero-order valence-corrected chi connectivity index (χ0v) is 28.6. The molecule has 0 bridgehead atoms. The van der Waals surface area contributed by atoms with Crippen LogP contribution < -0.4 is 0 Å². The van der Waals surface area contributed by atoms with Gasteiger partial charge in [0.2, 0.25) is 0 Å². The summed E-state index contributed by atoms with van der Waals surface area (Å²) in [6.07, 6.45) is 33.7. The summed E-state index contributed by atoms with van der Waals surface area (Å²) in [5.41, 5.74) is 0. The third-order valence-corrected chi connectivity index (χ3v) is 9.11. The predicted octanol–water partition coefficient (Wildman–Crippen LogP) is 11.6. The number of hydrogen-bond acceptors (Lipinski definition) is 2. The van der Waals surface area contributed by atoms with E-state index in [2.05, 4.69) is 34.7 Å². The molecule has 0 aliphatic carbocycles. The largest absolute Gasteiger partial charge is 0.375 e. The number of rotatable bonds is 33. The van der Waals surface area contributed by atoms with Gasteiger partial charge >= 0.3 is 0 Å². The van der Waals surface area contributed by atoms with E-state index in [1.807, 2.05) is 0 Å². The fourth-order valence-electron chi connectivity index (χ4n) is 6.10. The molecule has 3 nitrogen and oxygen atoms in total. The molecule has 0 radical (unpaired) electrons. The number of Topliss-reactive ketones (excluding diaryl/α,β-unsaturated/α-hetero) is 1. The maximum absolute atomic E-state index is 13.6. The number of quaternary nitrogens is 1. The smallest absolute Gasteiger partial charge is 0.192 e. The molecule has 240 valence electrons. The van der Waals surface area contributed by atoms with Crippen molar-refractivity contribution in [1.82, 2.24) is 0 Å². The fourth-order valence-corrected chi connectivity index (χ4v) is 6.10. The Balaban J connectivity index is 4.41. The molecule has 0 N–H and O–H groups in total. The summed E-state index contributed by atoms with van der Waals surface area (Å²) in [5.74, 6) is 0.465. The van der Waals surface area contributed by atoms with Crippen LogP contribution in [0.4, 0.5) is 0 Å². The Hall–Kier alpha value is -0.410. The van der Waals surface area contributed by atoms with E-state index in [9.17, 15) is 4.79 Å². The van der Waals surface area contributed by atoms with Crippen LogP contribution in [0.5, 0.6) is 0 Å². The molecule has 0 rings (SSSR count). The summed E-state index contributed by atoms with van der Waals surface area (Å²) in [6.45, 7) is 12.8. The van der Waals surface area contributed by atoms with Crippen molar-refractivity contribution in [1.29, 1.82) is 0 Å². The number of hydrogen-bond donors (Lipinski definition) is 0. The van der Waals surface area contributed by atoms with Crippen LogP contribution in [0.3, 0.4) is 0 Å². The summed E-state index contributed by atoms with van der Waals surface area (Å²) >= 11 is 0. The van der Waals surface area contributed by atoms with Crippen molar-refractivity contribution in [3.63, 3.8) is 0 Å².